The molecule has 6 heteroatoms. The van der Waals surface area contributed by atoms with Gasteiger partial charge in [0.15, 0.2) is 0 Å². The number of carboxylic acid groups (broad SMARTS) is 1. The summed E-state index contributed by atoms with van der Waals surface area (Å²) < 4.78 is 1.79. The first-order valence-electron chi connectivity index (χ1n) is 5.67. The maximum atomic E-state index is 12.2. The molecule has 0 saturated heterocycles. The molecule has 0 aromatic carbocycles. The van der Waals surface area contributed by atoms with Crippen molar-refractivity contribution in [3.8, 4) is 0 Å². The average Bonchev–Trinajstić information content (AvgIpc) is 3.04. The molecule has 3 heterocycles. The summed E-state index contributed by atoms with van der Waals surface area (Å²) in [5.41, 5.74) is 1.24. The second kappa shape index (κ2) is 5.33. The fraction of sp³-hybridized carbons (Fsp3) is 0.231. The quantitative estimate of drug-likeness (QED) is 0.626. The second-order valence-electron chi connectivity index (χ2n) is 4.26. The van der Waals surface area contributed by atoms with E-state index in [9.17, 15) is 14.7 Å². The zero-order chi connectivity index (χ0) is 12.7. The molecule has 2 aromatic heterocycles. The van der Waals surface area contributed by atoms with Crippen LogP contribution in [0.25, 0.3) is 0 Å². The molecule has 2 aromatic rings. The molecule has 3 rings (SSSR count). The third kappa shape index (κ3) is 2.27. The van der Waals surface area contributed by atoms with E-state index < -0.39 is 11.9 Å². The van der Waals surface area contributed by atoms with Crippen LogP contribution in [0.4, 0.5) is 0 Å². The van der Waals surface area contributed by atoms with Crippen LogP contribution in [-0.2, 0) is 28.4 Å². The van der Waals surface area contributed by atoms with Gasteiger partial charge in [0.05, 0.1) is 16.5 Å². The molecule has 1 aliphatic heterocycles. The van der Waals surface area contributed by atoms with Crippen LogP contribution in [0.15, 0.2) is 29.6 Å². The minimum Gasteiger partial charge on any atom is -0.549 e. The van der Waals surface area contributed by atoms with E-state index in [1.807, 2.05) is 11.4 Å². The summed E-state index contributed by atoms with van der Waals surface area (Å²) >= 11 is 1.39. The van der Waals surface area contributed by atoms with Gasteiger partial charge in [-0.3, -0.25) is 4.79 Å². The number of fused-ring (bicyclic) bond motifs is 1. The third-order valence-electron chi connectivity index (χ3n) is 3.27. The van der Waals surface area contributed by atoms with Crippen molar-refractivity contribution >= 4 is 23.1 Å². The maximum Gasteiger partial charge on any atom is 1.00 e. The van der Waals surface area contributed by atoms with Crippen molar-refractivity contribution in [3.05, 3.63) is 45.9 Å². The summed E-state index contributed by atoms with van der Waals surface area (Å²) in [5.74, 6) is -1.70. The van der Waals surface area contributed by atoms with Crippen LogP contribution < -0.4 is 5.11 Å². The molecule has 0 saturated carbocycles. The molecular formula is C13H10CuNO3S. The maximum absolute atomic E-state index is 12.2. The molecule has 0 aliphatic carbocycles. The number of hydrogen-bond acceptors (Lipinski definition) is 4. The Morgan fingerprint density at radius 3 is 2.74 bits per heavy atom. The van der Waals surface area contributed by atoms with E-state index in [1.54, 1.807) is 22.8 Å². The number of carboxylic acids is 1. The first-order chi connectivity index (χ1) is 8.68. The first-order valence-corrected chi connectivity index (χ1v) is 6.55. The monoisotopic (exact) mass is 323 g/mol. The van der Waals surface area contributed by atoms with Gasteiger partial charge in [-0.2, -0.15) is 0 Å². The van der Waals surface area contributed by atoms with Crippen molar-refractivity contribution in [3.63, 3.8) is 0 Å². The normalized spacial score (nSPS) is 16.7. The summed E-state index contributed by atoms with van der Waals surface area (Å²) in [4.78, 5) is 23.9. The van der Waals surface area contributed by atoms with E-state index in [0.29, 0.717) is 29.2 Å². The molecule has 0 fully saturated rings. The number of thiophene rings is 1. The number of carbonyl (C=O) groups is 2. The Balaban J connectivity index is 0.00000133. The zero-order valence-electron chi connectivity index (χ0n) is 9.76. The number of nitrogens with zero attached hydrogens (tertiary/aromatic N) is 1. The van der Waals surface area contributed by atoms with Crippen molar-refractivity contribution in [2.24, 2.45) is 0 Å². The fourth-order valence-electron chi connectivity index (χ4n) is 2.41. The van der Waals surface area contributed by atoms with E-state index in [2.05, 4.69) is 0 Å². The van der Waals surface area contributed by atoms with E-state index in [0.717, 1.165) is 0 Å². The van der Waals surface area contributed by atoms with Crippen LogP contribution in [0.2, 0.25) is 0 Å². The first kappa shape index (κ1) is 14.1. The fourth-order valence-corrected chi connectivity index (χ4v) is 3.09. The average molecular weight is 324 g/mol. The number of ketones is 1. The number of carbonyl (C=O) groups excluding carboxylic acids is 2. The summed E-state index contributed by atoms with van der Waals surface area (Å²) in [6.07, 6.45) is 0.503. The standard InChI is InChI=1S/C13H11NO3S.Cu/c15-12(11-2-1-7-18-11)10-4-3-9-8(13(16)17)5-6-14(9)10;/h1-4,7-8H,5-6H2,(H,16,17);/q;+1/p-1. The van der Waals surface area contributed by atoms with Gasteiger partial charge in [0, 0.05) is 18.2 Å². The smallest absolute Gasteiger partial charge is 0.549 e. The van der Waals surface area contributed by atoms with Gasteiger partial charge in [-0.25, -0.2) is 0 Å². The molecule has 19 heavy (non-hydrogen) atoms. The predicted molar refractivity (Wildman–Crippen MR) is 64.5 cm³/mol. The molecule has 1 unspecified atom stereocenters. The molecule has 0 bridgehead atoms. The Bertz CT molecular complexity index is 618. The minimum absolute atomic E-state index is 0. The molecular weight excluding hydrogens is 314 g/mol. The molecule has 4 nitrogen and oxygen atoms in total. The Labute approximate surface area is 124 Å². The van der Waals surface area contributed by atoms with Crippen molar-refractivity contribution in [2.75, 3.05) is 0 Å². The summed E-state index contributed by atoms with van der Waals surface area (Å²) in [5, 5.41) is 12.8. The van der Waals surface area contributed by atoms with Crippen molar-refractivity contribution in [2.45, 2.75) is 18.9 Å². The van der Waals surface area contributed by atoms with Gasteiger partial charge in [-0.1, -0.05) is 6.07 Å². The largest absolute Gasteiger partial charge is 1.00 e. The van der Waals surface area contributed by atoms with Crippen LogP contribution >= 0.6 is 11.3 Å². The van der Waals surface area contributed by atoms with Crippen LogP contribution in [0.3, 0.4) is 0 Å². The topological polar surface area (TPSA) is 62.1 Å². The van der Waals surface area contributed by atoms with Gasteiger partial charge in [0.2, 0.25) is 5.78 Å². The van der Waals surface area contributed by atoms with E-state index in [-0.39, 0.29) is 22.9 Å². The predicted octanol–water partition coefficient (Wildman–Crippen LogP) is 1.02. The number of aromatic nitrogens is 1. The number of aliphatic carboxylic acids is 1. The van der Waals surface area contributed by atoms with E-state index in [4.69, 9.17) is 0 Å². The van der Waals surface area contributed by atoms with Crippen LogP contribution in [0.1, 0.15) is 33.4 Å². The van der Waals surface area contributed by atoms with Gasteiger partial charge in [0.1, 0.15) is 0 Å². The SMILES string of the molecule is O=C(c1cccs1)c1ccc2n1CCC2C(=O)[O-].[Cu+]. The van der Waals surface area contributed by atoms with Gasteiger partial charge in [0.25, 0.3) is 0 Å². The van der Waals surface area contributed by atoms with Crippen LogP contribution in [0.5, 0.6) is 0 Å². The van der Waals surface area contributed by atoms with Gasteiger partial charge in [-0.15, -0.1) is 11.3 Å². The Kier molecular flexibility index (Phi) is 3.94. The van der Waals surface area contributed by atoms with Gasteiger partial charge >= 0.3 is 17.1 Å². The number of hydrogen-bond donors (Lipinski definition) is 0. The third-order valence-corrected chi connectivity index (χ3v) is 4.14. The molecule has 1 aliphatic rings. The Morgan fingerprint density at radius 1 is 1.32 bits per heavy atom. The van der Waals surface area contributed by atoms with Gasteiger partial charge < -0.3 is 14.5 Å². The summed E-state index contributed by atoms with van der Waals surface area (Å²) in [6.45, 7) is 0.563. The molecule has 0 radical (unpaired) electrons. The van der Waals surface area contributed by atoms with Crippen molar-refractivity contribution < 1.29 is 31.8 Å². The van der Waals surface area contributed by atoms with Crippen LogP contribution in [0, 0.1) is 0 Å². The Hall–Kier alpha value is -1.36. The Morgan fingerprint density at radius 2 is 2.11 bits per heavy atom. The molecule has 1 atom stereocenters. The number of rotatable bonds is 3. The van der Waals surface area contributed by atoms with Crippen LogP contribution in [-0.4, -0.2) is 16.3 Å². The van der Waals surface area contributed by atoms with E-state index in [1.165, 1.54) is 11.3 Å². The minimum atomic E-state index is -1.07. The molecule has 0 N–H and O–H groups in total. The molecule has 0 amide bonds. The molecule has 102 valence electrons. The molecule has 0 spiro atoms. The second-order valence-corrected chi connectivity index (χ2v) is 5.21. The zero-order valence-corrected chi connectivity index (χ0v) is 11.5. The summed E-state index contributed by atoms with van der Waals surface area (Å²) in [6, 6.07) is 7.02. The van der Waals surface area contributed by atoms with Crippen molar-refractivity contribution in [1.29, 1.82) is 0 Å². The van der Waals surface area contributed by atoms with E-state index >= 15 is 0 Å². The van der Waals surface area contributed by atoms with Gasteiger partial charge in [-0.05, 0) is 30.0 Å². The van der Waals surface area contributed by atoms with Crippen molar-refractivity contribution in [1.82, 2.24) is 4.57 Å². The summed E-state index contributed by atoms with van der Waals surface area (Å²) in [7, 11) is 0.